The lowest BCUT2D eigenvalue weighted by Crippen LogP contribution is -2.21. The molecule has 9 heteroatoms. The highest BCUT2D eigenvalue weighted by molar-refractivity contribution is 5.84. The van der Waals surface area contributed by atoms with Crippen molar-refractivity contribution in [3.63, 3.8) is 0 Å². The minimum Gasteiger partial charge on any atom is -0.491 e. The number of aromatic nitrogens is 3. The lowest BCUT2D eigenvalue weighted by atomic mass is 10.1. The average Bonchev–Trinajstić information content (AvgIpc) is 3.06. The van der Waals surface area contributed by atoms with Gasteiger partial charge in [0.05, 0.1) is 18.0 Å². The third-order valence-electron chi connectivity index (χ3n) is 4.05. The van der Waals surface area contributed by atoms with Gasteiger partial charge in [0.1, 0.15) is 25.0 Å². The molecule has 1 N–H and O–H groups in total. The normalized spacial score (nSPS) is 17.4. The third-order valence-corrected chi connectivity index (χ3v) is 4.05. The molecule has 0 radical (unpaired) electrons. The number of aliphatic hydroxyl groups excluding tert-OH is 1. The molecule has 2 aromatic rings. The van der Waals surface area contributed by atoms with Crippen LogP contribution < -0.4 is 0 Å². The standard InChI is InChI=1S/C18H19F3N4O2/c1-12-4-5-16(14(9-26)24-12)27-10-13-3-2-7-22-17(13)15-6-8-23-25(15)11-18(19,20)21/h2-3,5-8,14,26H,4,9-11H2,1H3. The van der Waals surface area contributed by atoms with Gasteiger partial charge in [0.2, 0.25) is 0 Å². The summed E-state index contributed by atoms with van der Waals surface area (Å²) in [4.78, 5) is 8.56. The van der Waals surface area contributed by atoms with Gasteiger partial charge in [0.25, 0.3) is 0 Å². The van der Waals surface area contributed by atoms with Gasteiger partial charge in [-0.3, -0.25) is 14.7 Å². The summed E-state index contributed by atoms with van der Waals surface area (Å²) in [5, 5.41) is 13.2. The van der Waals surface area contributed by atoms with Crippen molar-refractivity contribution in [2.75, 3.05) is 6.61 Å². The van der Waals surface area contributed by atoms with Crippen molar-refractivity contribution in [1.29, 1.82) is 0 Å². The SMILES string of the molecule is CC1=NC(CO)C(OCc2cccnc2-c2ccnn2CC(F)(F)F)=CC1. The van der Waals surface area contributed by atoms with Crippen LogP contribution >= 0.6 is 0 Å². The number of hydrogen-bond donors (Lipinski definition) is 1. The Hall–Kier alpha value is -2.68. The fourth-order valence-corrected chi connectivity index (χ4v) is 2.83. The number of allylic oxidation sites excluding steroid dienone is 1. The van der Waals surface area contributed by atoms with Gasteiger partial charge in [0, 0.05) is 30.1 Å². The molecule has 0 aromatic carbocycles. The second-order valence-corrected chi connectivity index (χ2v) is 6.16. The van der Waals surface area contributed by atoms with Crippen LogP contribution in [-0.2, 0) is 17.9 Å². The molecule has 27 heavy (non-hydrogen) atoms. The molecule has 2 aromatic heterocycles. The molecule has 144 valence electrons. The summed E-state index contributed by atoms with van der Waals surface area (Å²) in [5.74, 6) is 0.543. The smallest absolute Gasteiger partial charge is 0.408 e. The number of alkyl halides is 3. The maximum absolute atomic E-state index is 12.8. The van der Waals surface area contributed by atoms with Gasteiger partial charge < -0.3 is 9.84 Å². The summed E-state index contributed by atoms with van der Waals surface area (Å²) in [5.41, 5.74) is 2.15. The van der Waals surface area contributed by atoms with E-state index >= 15 is 0 Å². The van der Waals surface area contributed by atoms with Gasteiger partial charge in [-0.1, -0.05) is 6.07 Å². The van der Waals surface area contributed by atoms with Crippen LogP contribution in [0.2, 0.25) is 0 Å². The molecule has 0 saturated heterocycles. The van der Waals surface area contributed by atoms with Gasteiger partial charge in [-0.15, -0.1) is 0 Å². The third kappa shape index (κ3) is 4.73. The van der Waals surface area contributed by atoms with Crippen LogP contribution in [0.15, 0.2) is 47.4 Å². The number of halogens is 3. The predicted molar refractivity (Wildman–Crippen MR) is 93.0 cm³/mol. The van der Waals surface area contributed by atoms with E-state index < -0.39 is 18.8 Å². The number of rotatable bonds is 6. The van der Waals surface area contributed by atoms with Crippen LogP contribution in [0.1, 0.15) is 18.9 Å². The van der Waals surface area contributed by atoms with Crippen molar-refractivity contribution in [3.05, 3.63) is 48.0 Å². The molecule has 3 heterocycles. The monoisotopic (exact) mass is 380 g/mol. The van der Waals surface area contributed by atoms with Crippen molar-refractivity contribution in [2.45, 2.75) is 38.7 Å². The number of aliphatic hydroxyl groups is 1. The van der Waals surface area contributed by atoms with E-state index in [2.05, 4.69) is 15.1 Å². The number of hydrogen-bond acceptors (Lipinski definition) is 5. The van der Waals surface area contributed by atoms with Crippen molar-refractivity contribution >= 4 is 5.71 Å². The van der Waals surface area contributed by atoms with Crippen molar-refractivity contribution in [2.24, 2.45) is 4.99 Å². The van der Waals surface area contributed by atoms with Crippen molar-refractivity contribution in [3.8, 4) is 11.4 Å². The molecular weight excluding hydrogens is 361 g/mol. The number of ether oxygens (including phenoxy) is 1. The molecule has 0 amide bonds. The molecule has 1 aliphatic heterocycles. The molecule has 0 aliphatic carbocycles. The fourth-order valence-electron chi connectivity index (χ4n) is 2.83. The summed E-state index contributed by atoms with van der Waals surface area (Å²) in [6.07, 6.45) is 0.914. The van der Waals surface area contributed by atoms with Crippen LogP contribution in [0.3, 0.4) is 0 Å². The highest BCUT2D eigenvalue weighted by atomic mass is 19.4. The largest absolute Gasteiger partial charge is 0.491 e. The first-order chi connectivity index (χ1) is 12.9. The number of dihydropyridines is 1. The molecule has 3 rings (SSSR count). The minimum atomic E-state index is -4.39. The second kappa shape index (κ2) is 7.91. The van der Waals surface area contributed by atoms with E-state index in [1.54, 1.807) is 12.1 Å². The maximum Gasteiger partial charge on any atom is 0.408 e. The summed E-state index contributed by atoms with van der Waals surface area (Å²) in [6, 6.07) is 4.45. The first kappa shape index (κ1) is 19.1. The predicted octanol–water partition coefficient (Wildman–Crippen LogP) is 3.13. The van der Waals surface area contributed by atoms with Crippen molar-refractivity contribution < 1.29 is 23.0 Å². The number of nitrogens with zero attached hydrogens (tertiary/aromatic N) is 4. The summed E-state index contributed by atoms with van der Waals surface area (Å²) in [7, 11) is 0. The van der Waals surface area contributed by atoms with Gasteiger partial charge in [-0.2, -0.15) is 18.3 Å². The van der Waals surface area contributed by atoms with E-state index in [1.165, 1.54) is 18.5 Å². The van der Waals surface area contributed by atoms with Gasteiger partial charge in [0.15, 0.2) is 0 Å². The van der Waals surface area contributed by atoms with Gasteiger partial charge in [-0.25, -0.2) is 0 Å². The Balaban J connectivity index is 1.81. The van der Waals surface area contributed by atoms with Crippen LogP contribution in [0.4, 0.5) is 13.2 Å². The Morgan fingerprint density at radius 1 is 1.30 bits per heavy atom. The average molecular weight is 380 g/mol. The molecule has 0 spiro atoms. The fraction of sp³-hybridized carbons (Fsp3) is 0.389. The van der Waals surface area contributed by atoms with Crippen LogP contribution in [-0.4, -0.2) is 44.4 Å². The van der Waals surface area contributed by atoms with Crippen LogP contribution in [0, 0.1) is 0 Å². The van der Waals surface area contributed by atoms with Crippen molar-refractivity contribution in [1.82, 2.24) is 14.8 Å². The van der Waals surface area contributed by atoms with E-state index in [0.717, 1.165) is 10.4 Å². The van der Waals surface area contributed by atoms with E-state index in [4.69, 9.17) is 4.74 Å². The Morgan fingerprint density at radius 3 is 2.85 bits per heavy atom. The van der Waals surface area contributed by atoms with Gasteiger partial charge in [-0.05, 0) is 25.1 Å². The number of aliphatic imine (C=N–C) groups is 1. The molecule has 6 nitrogen and oxygen atoms in total. The first-order valence-corrected chi connectivity index (χ1v) is 8.37. The highest BCUT2D eigenvalue weighted by Crippen LogP contribution is 2.26. The molecule has 0 saturated carbocycles. The summed E-state index contributed by atoms with van der Waals surface area (Å²) in [6.45, 7) is 0.591. The second-order valence-electron chi connectivity index (χ2n) is 6.16. The topological polar surface area (TPSA) is 72.5 Å². The van der Waals surface area contributed by atoms with Crippen LogP contribution in [0.25, 0.3) is 11.4 Å². The molecule has 0 fully saturated rings. The minimum absolute atomic E-state index is 0.0945. The maximum atomic E-state index is 12.8. The molecule has 1 aliphatic rings. The zero-order chi connectivity index (χ0) is 19.4. The Morgan fingerprint density at radius 2 is 2.11 bits per heavy atom. The van der Waals surface area contributed by atoms with E-state index in [1.807, 2.05) is 13.0 Å². The first-order valence-electron chi connectivity index (χ1n) is 8.37. The molecule has 0 bridgehead atoms. The summed E-state index contributed by atoms with van der Waals surface area (Å²) >= 11 is 0. The van der Waals surface area contributed by atoms with Crippen LogP contribution in [0.5, 0.6) is 0 Å². The Kier molecular flexibility index (Phi) is 5.59. The summed E-state index contributed by atoms with van der Waals surface area (Å²) < 4.78 is 45.0. The Labute approximate surface area is 154 Å². The zero-order valence-electron chi connectivity index (χ0n) is 14.6. The lowest BCUT2D eigenvalue weighted by molar-refractivity contribution is -0.142. The lowest BCUT2D eigenvalue weighted by Gasteiger charge is -2.21. The molecule has 1 unspecified atom stereocenters. The van der Waals surface area contributed by atoms with E-state index in [-0.39, 0.29) is 18.9 Å². The highest BCUT2D eigenvalue weighted by Gasteiger charge is 2.30. The van der Waals surface area contributed by atoms with E-state index in [0.29, 0.717) is 23.4 Å². The van der Waals surface area contributed by atoms with Gasteiger partial charge >= 0.3 is 6.18 Å². The Bertz CT molecular complexity index is 858. The zero-order valence-corrected chi connectivity index (χ0v) is 14.6. The number of pyridine rings is 1. The van der Waals surface area contributed by atoms with E-state index in [9.17, 15) is 18.3 Å². The quantitative estimate of drug-likeness (QED) is 0.836. The molecule has 1 atom stereocenters. The molecular formula is C18H19F3N4O2.